The van der Waals surface area contributed by atoms with Gasteiger partial charge in [-0.2, -0.15) is 13.2 Å². The van der Waals surface area contributed by atoms with Gasteiger partial charge in [0.05, 0.1) is 30.3 Å². The van der Waals surface area contributed by atoms with Crippen molar-refractivity contribution >= 4 is 35.0 Å². The number of benzene rings is 3. The van der Waals surface area contributed by atoms with Gasteiger partial charge in [0, 0.05) is 22.0 Å². The van der Waals surface area contributed by atoms with Crippen molar-refractivity contribution in [2.75, 3.05) is 18.2 Å². The number of nitrogens with zero attached hydrogens (tertiary/aromatic N) is 2. The third-order valence-electron chi connectivity index (χ3n) is 5.01. The number of aromatic nitrogens is 2. The van der Waals surface area contributed by atoms with Crippen LogP contribution in [0.4, 0.5) is 18.9 Å². The Morgan fingerprint density at radius 3 is 2.46 bits per heavy atom. The van der Waals surface area contributed by atoms with Gasteiger partial charge in [0.2, 0.25) is 5.91 Å². The summed E-state index contributed by atoms with van der Waals surface area (Å²) in [6.45, 7) is 0. The number of methoxy groups -OCH3 is 1. The van der Waals surface area contributed by atoms with E-state index in [1.54, 1.807) is 72.5 Å². The number of alkyl halides is 3. The van der Waals surface area contributed by atoms with Crippen molar-refractivity contribution in [2.45, 2.75) is 11.3 Å². The number of halogens is 4. The number of thioether (sulfide) groups is 1. The molecule has 180 valence electrons. The number of carbonyl (C=O) groups excluding carboxylic acids is 1. The van der Waals surface area contributed by atoms with Crippen molar-refractivity contribution < 1.29 is 22.7 Å². The summed E-state index contributed by atoms with van der Waals surface area (Å²) in [6.07, 6.45) is -2.93. The molecule has 3 aromatic carbocycles. The van der Waals surface area contributed by atoms with Gasteiger partial charge in [-0.1, -0.05) is 29.4 Å². The molecule has 1 aromatic heterocycles. The summed E-state index contributed by atoms with van der Waals surface area (Å²) >= 11 is 6.99. The first kappa shape index (κ1) is 24.7. The number of hydrogen-bond donors (Lipinski definition) is 1. The summed E-state index contributed by atoms with van der Waals surface area (Å²) in [7, 11) is 1.55. The van der Waals surface area contributed by atoms with Crippen LogP contribution in [-0.2, 0) is 11.0 Å². The molecule has 1 amide bonds. The van der Waals surface area contributed by atoms with Crippen LogP contribution in [0, 0.1) is 0 Å². The number of nitrogens with one attached hydrogen (secondary N) is 1. The van der Waals surface area contributed by atoms with Crippen molar-refractivity contribution in [2.24, 2.45) is 0 Å². The second-order valence-electron chi connectivity index (χ2n) is 7.38. The number of carbonyl (C=O) groups is 1. The molecule has 4 rings (SSSR count). The lowest BCUT2D eigenvalue weighted by molar-refractivity contribution is -0.137. The number of anilines is 1. The normalized spacial score (nSPS) is 11.3. The average molecular weight is 518 g/mol. The quantitative estimate of drug-likeness (QED) is 0.269. The van der Waals surface area contributed by atoms with Crippen molar-refractivity contribution in [3.63, 3.8) is 0 Å². The highest BCUT2D eigenvalue weighted by atomic mass is 35.5. The van der Waals surface area contributed by atoms with E-state index >= 15 is 0 Å². The first-order valence-electron chi connectivity index (χ1n) is 10.3. The minimum atomic E-state index is -4.50. The van der Waals surface area contributed by atoms with Crippen LogP contribution in [0.25, 0.3) is 16.9 Å². The van der Waals surface area contributed by atoms with Gasteiger partial charge in [-0.25, -0.2) is 4.98 Å². The summed E-state index contributed by atoms with van der Waals surface area (Å²) in [6, 6.07) is 18.8. The van der Waals surface area contributed by atoms with E-state index in [0.717, 1.165) is 29.5 Å². The van der Waals surface area contributed by atoms with Crippen LogP contribution in [0.1, 0.15) is 5.56 Å². The van der Waals surface area contributed by atoms with Crippen molar-refractivity contribution in [1.29, 1.82) is 0 Å². The number of ether oxygens (including phenoxy) is 1. The zero-order valence-corrected chi connectivity index (χ0v) is 19.9. The number of amides is 1. The minimum Gasteiger partial charge on any atom is -0.497 e. The standard InChI is InChI=1S/C25H19ClF3N3O2S/c1-34-21-11-5-16(6-12-21)22-14-30-24(32(22)20-4-2-3-17(13-20)25(27,28)29)35-15-23(33)31-19-9-7-18(26)8-10-19/h2-14H,15H2,1H3,(H,31,33). The van der Waals surface area contributed by atoms with Crippen LogP contribution in [-0.4, -0.2) is 28.3 Å². The fraction of sp³-hybridized carbons (Fsp3) is 0.120. The predicted molar refractivity (Wildman–Crippen MR) is 131 cm³/mol. The highest BCUT2D eigenvalue weighted by molar-refractivity contribution is 7.99. The molecule has 35 heavy (non-hydrogen) atoms. The van der Waals surface area contributed by atoms with E-state index in [1.165, 1.54) is 6.07 Å². The number of rotatable bonds is 7. The molecular formula is C25H19ClF3N3O2S. The zero-order chi connectivity index (χ0) is 25.0. The zero-order valence-electron chi connectivity index (χ0n) is 18.3. The maximum absolute atomic E-state index is 13.4. The minimum absolute atomic E-state index is 0.000649. The summed E-state index contributed by atoms with van der Waals surface area (Å²) in [5.41, 5.74) is 1.39. The molecule has 5 nitrogen and oxygen atoms in total. The van der Waals surface area contributed by atoms with Gasteiger partial charge in [-0.05, 0) is 66.7 Å². The van der Waals surface area contributed by atoms with Crippen molar-refractivity contribution in [3.8, 4) is 22.7 Å². The van der Waals surface area contributed by atoms with Crippen LogP contribution in [0.2, 0.25) is 5.02 Å². The highest BCUT2D eigenvalue weighted by Gasteiger charge is 2.31. The number of imidazole rings is 1. The molecule has 0 bridgehead atoms. The van der Waals surface area contributed by atoms with Gasteiger partial charge >= 0.3 is 6.18 Å². The van der Waals surface area contributed by atoms with Gasteiger partial charge in [0.1, 0.15) is 5.75 Å². The van der Waals surface area contributed by atoms with Crippen molar-refractivity contribution in [3.05, 3.63) is 89.6 Å². The van der Waals surface area contributed by atoms with E-state index in [1.807, 2.05) is 0 Å². The smallest absolute Gasteiger partial charge is 0.416 e. The van der Waals surface area contributed by atoms with E-state index in [9.17, 15) is 18.0 Å². The Bertz CT molecular complexity index is 1320. The van der Waals surface area contributed by atoms with E-state index in [2.05, 4.69) is 10.3 Å². The van der Waals surface area contributed by atoms with Crippen LogP contribution < -0.4 is 10.1 Å². The fourth-order valence-electron chi connectivity index (χ4n) is 3.33. The topological polar surface area (TPSA) is 56.1 Å². The molecule has 0 aliphatic rings. The SMILES string of the molecule is COc1ccc(-c2cnc(SCC(=O)Nc3ccc(Cl)cc3)n2-c2cccc(C(F)(F)F)c2)cc1. The van der Waals surface area contributed by atoms with Gasteiger partial charge < -0.3 is 10.1 Å². The monoisotopic (exact) mass is 517 g/mol. The maximum atomic E-state index is 13.4. The van der Waals surface area contributed by atoms with Crippen LogP contribution >= 0.6 is 23.4 Å². The van der Waals surface area contributed by atoms with E-state index < -0.39 is 11.7 Å². The summed E-state index contributed by atoms with van der Waals surface area (Å²) in [5.74, 6) is 0.356. The lowest BCUT2D eigenvalue weighted by Gasteiger charge is -2.15. The Morgan fingerprint density at radius 1 is 1.09 bits per heavy atom. The van der Waals surface area contributed by atoms with Gasteiger partial charge in [0.25, 0.3) is 0 Å². The Morgan fingerprint density at radius 2 is 1.80 bits per heavy atom. The first-order valence-corrected chi connectivity index (χ1v) is 11.7. The molecule has 0 aliphatic carbocycles. The van der Waals surface area contributed by atoms with Crippen LogP contribution in [0.15, 0.2) is 84.1 Å². The molecule has 0 radical (unpaired) electrons. The summed E-state index contributed by atoms with van der Waals surface area (Å²) in [4.78, 5) is 16.9. The molecule has 4 aromatic rings. The predicted octanol–water partition coefficient (Wildman–Crippen LogP) is 6.95. The largest absolute Gasteiger partial charge is 0.497 e. The second-order valence-corrected chi connectivity index (χ2v) is 8.76. The summed E-state index contributed by atoms with van der Waals surface area (Å²) < 4.78 is 47.0. The molecule has 0 fully saturated rings. The molecular weight excluding hydrogens is 499 g/mol. The molecule has 0 saturated heterocycles. The number of hydrogen-bond acceptors (Lipinski definition) is 4. The van der Waals surface area contributed by atoms with E-state index in [0.29, 0.717) is 27.3 Å². The van der Waals surface area contributed by atoms with Gasteiger partial charge in [0.15, 0.2) is 5.16 Å². The molecule has 0 unspecified atom stereocenters. The van der Waals surface area contributed by atoms with Crippen molar-refractivity contribution in [1.82, 2.24) is 9.55 Å². The summed E-state index contributed by atoms with van der Waals surface area (Å²) in [5, 5.41) is 3.68. The van der Waals surface area contributed by atoms with E-state index in [4.69, 9.17) is 16.3 Å². The molecule has 10 heteroatoms. The maximum Gasteiger partial charge on any atom is 0.416 e. The fourth-order valence-corrected chi connectivity index (χ4v) is 4.25. The molecule has 1 heterocycles. The molecule has 0 atom stereocenters. The second kappa shape index (κ2) is 10.5. The Labute approximate surface area is 208 Å². The molecule has 0 spiro atoms. The molecule has 0 aliphatic heterocycles. The Kier molecular flexibility index (Phi) is 7.37. The molecule has 1 N–H and O–H groups in total. The lowest BCUT2D eigenvalue weighted by Crippen LogP contribution is -2.14. The first-order chi connectivity index (χ1) is 16.7. The van der Waals surface area contributed by atoms with E-state index in [-0.39, 0.29) is 17.3 Å². The van der Waals surface area contributed by atoms with Gasteiger partial charge in [-0.15, -0.1) is 0 Å². The third-order valence-corrected chi connectivity index (χ3v) is 6.21. The Hall–Kier alpha value is -3.43. The lowest BCUT2D eigenvalue weighted by atomic mass is 10.1. The highest BCUT2D eigenvalue weighted by Crippen LogP contribution is 2.34. The Balaban J connectivity index is 1.66. The average Bonchev–Trinajstić information content (AvgIpc) is 3.28. The molecule has 0 saturated carbocycles. The van der Waals surface area contributed by atoms with Crippen LogP contribution in [0.5, 0.6) is 5.75 Å². The van der Waals surface area contributed by atoms with Crippen LogP contribution in [0.3, 0.4) is 0 Å². The third kappa shape index (κ3) is 5.98. The van der Waals surface area contributed by atoms with Gasteiger partial charge in [-0.3, -0.25) is 9.36 Å².